The topological polar surface area (TPSA) is 66.8 Å². The largest absolute Gasteiger partial charge is 0.394 e. The van der Waals surface area contributed by atoms with Crippen molar-refractivity contribution in [1.82, 2.24) is 4.31 Å². The molecule has 1 aliphatic heterocycles. The van der Waals surface area contributed by atoms with E-state index in [-0.39, 0.29) is 30.0 Å². The summed E-state index contributed by atoms with van der Waals surface area (Å²) in [7, 11) is -3.58. The molecule has 1 saturated heterocycles. The number of sulfonamides is 1. The zero-order chi connectivity index (χ0) is 14.2. The van der Waals surface area contributed by atoms with Gasteiger partial charge in [-0.3, -0.25) is 0 Å². The predicted octanol–water partition coefficient (Wildman–Crippen LogP) is 1.48. The fourth-order valence-electron chi connectivity index (χ4n) is 1.91. The van der Waals surface area contributed by atoms with Gasteiger partial charge in [0.05, 0.1) is 23.7 Å². The number of rotatable bonds is 3. The Hall–Kier alpha value is -0.180. The van der Waals surface area contributed by atoms with Crippen LogP contribution in [0.4, 0.5) is 0 Å². The third-order valence-electron chi connectivity index (χ3n) is 3.05. The molecule has 1 aliphatic rings. The van der Waals surface area contributed by atoms with Crippen molar-refractivity contribution in [3.63, 3.8) is 0 Å². The highest BCUT2D eigenvalue weighted by Crippen LogP contribution is 2.33. The van der Waals surface area contributed by atoms with Gasteiger partial charge in [-0.15, -0.1) is 11.3 Å². The highest BCUT2D eigenvalue weighted by molar-refractivity contribution is 7.91. The van der Waals surface area contributed by atoms with E-state index in [4.69, 9.17) is 21.4 Å². The van der Waals surface area contributed by atoms with E-state index in [0.29, 0.717) is 4.34 Å². The molecule has 0 aromatic carbocycles. The van der Waals surface area contributed by atoms with Crippen LogP contribution in [0.3, 0.4) is 0 Å². The molecule has 0 radical (unpaired) electrons. The van der Waals surface area contributed by atoms with E-state index < -0.39 is 16.1 Å². The fraction of sp³-hybridized carbons (Fsp3) is 0.636. The number of hydrogen-bond donors (Lipinski definition) is 1. The molecule has 1 fully saturated rings. The SMILES string of the molecule is Cc1cc(S(=O)(=O)N2CC(CO)OCC2C)sc1Cl. The number of ether oxygens (including phenoxy) is 1. The summed E-state index contributed by atoms with van der Waals surface area (Å²) >= 11 is 7.00. The van der Waals surface area contributed by atoms with Crippen LogP contribution >= 0.6 is 22.9 Å². The van der Waals surface area contributed by atoms with Crippen LogP contribution < -0.4 is 0 Å². The lowest BCUT2D eigenvalue weighted by Gasteiger charge is -2.35. The van der Waals surface area contributed by atoms with Crippen molar-refractivity contribution in [2.75, 3.05) is 19.8 Å². The Morgan fingerprint density at radius 1 is 1.63 bits per heavy atom. The van der Waals surface area contributed by atoms with E-state index in [1.165, 1.54) is 4.31 Å². The summed E-state index contributed by atoms with van der Waals surface area (Å²) < 4.78 is 32.6. The summed E-state index contributed by atoms with van der Waals surface area (Å²) in [5.41, 5.74) is 0.755. The summed E-state index contributed by atoms with van der Waals surface area (Å²) in [4.78, 5) is 0. The van der Waals surface area contributed by atoms with Crippen LogP contribution in [-0.2, 0) is 14.8 Å². The number of aliphatic hydroxyl groups is 1. The van der Waals surface area contributed by atoms with E-state index >= 15 is 0 Å². The van der Waals surface area contributed by atoms with Gasteiger partial charge in [0.15, 0.2) is 0 Å². The number of halogens is 1. The van der Waals surface area contributed by atoms with Gasteiger partial charge < -0.3 is 9.84 Å². The van der Waals surface area contributed by atoms with Crippen molar-refractivity contribution < 1.29 is 18.3 Å². The van der Waals surface area contributed by atoms with E-state index in [1.807, 2.05) is 0 Å². The normalized spacial score (nSPS) is 25.7. The average Bonchev–Trinajstić information content (AvgIpc) is 2.71. The summed E-state index contributed by atoms with van der Waals surface area (Å²) in [6.45, 7) is 3.81. The van der Waals surface area contributed by atoms with Crippen LogP contribution in [0.5, 0.6) is 0 Å². The van der Waals surface area contributed by atoms with Crippen molar-refractivity contribution >= 4 is 33.0 Å². The van der Waals surface area contributed by atoms with Gasteiger partial charge in [-0.25, -0.2) is 8.42 Å². The van der Waals surface area contributed by atoms with Gasteiger partial charge in [-0.1, -0.05) is 11.6 Å². The first-order chi connectivity index (χ1) is 8.86. The van der Waals surface area contributed by atoms with Crippen molar-refractivity contribution in [2.24, 2.45) is 0 Å². The highest BCUT2D eigenvalue weighted by Gasteiger charge is 2.36. The maximum absolute atomic E-state index is 12.6. The number of aliphatic hydroxyl groups excluding tert-OH is 1. The van der Waals surface area contributed by atoms with Crippen LogP contribution in [0.25, 0.3) is 0 Å². The molecule has 5 nitrogen and oxygen atoms in total. The molecule has 8 heteroatoms. The lowest BCUT2D eigenvalue weighted by atomic mass is 10.2. The minimum absolute atomic E-state index is 0.161. The third-order valence-corrected chi connectivity index (χ3v) is 7.03. The number of hydrogen-bond acceptors (Lipinski definition) is 5. The second-order valence-corrected chi connectivity index (χ2v) is 8.36. The van der Waals surface area contributed by atoms with Gasteiger partial charge in [0, 0.05) is 12.6 Å². The first kappa shape index (κ1) is 15.2. The number of aryl methyl sites for hydroxylation is 1. The second kappa shape index (κ2) is 5.67. The molecule has 0 bridgehead atoms. The van der Waals surface area contributed by atoms with E-state index in [9.17, 15) is 8.42 Å². The molecule has 2 rings (SSSR count). The Bertz CT molecular complexity index is 538. The van der Waals surface area contributed by atoms with E-state index in [0.717, 1.165) is 16.9 Å². The lowest BCUT2D eigenvalue weighted by molar-refractivity contribution is -0.0515. The smallest absolute Gasteiger partial charge is 0.253 e. The second-order valence-electron chi connectivity index (χ2n) is 4.58. The first-order valence-electron chi connectivity index (χ1n) is 5.86. The zero-order valence-electron chi connectivity index (χ0n) is 10.7. The summed E-state index contributed by atoms with van der Waals surface area (Å²) in [5.74, 6) is 0. The molecular weight excluding hydrogens is 310 g/mol. The van der Waals surface area contributed by atoms with Crippen molar-refractivity contribution in [3.05, 3.63) is 16.0 Å². The Balaban J connectivity index is 2.32. The van der Waals surface area contributed by atoms with Crippen molar-refractivity contribution in [1.29, 1.82) is 0 Å². The Morgan fingerprint density at radius 2 is 2.32 bits per heavy atom. The molecule has 1 aromatic heterocycles. The molecule has 0 aliphatic carbocycles. The van der Waals surface area contributed by atoms with Crippen molar-refractivity contribution in [2.45, 2.75) is 30.2 Å². The molecule has 2 unspecified atom stereocenters. The molecule has 0 spiro atoms. The quantitative estimate of drug-likeness (QED) is 0.914. The maximum Gasteiger partial charge on any atom is 0.253 e. The third kappa shape index (κ3) is 2.96. The average molecular weight is 326 g/mol. The van der Waals surface area contributed by atoms with Crippen LogP contribution in [0.1, 0.15) is 12.5 Å². The summed E-state index contributed by atoms with van der Waals surface area (Å²) in [6.07, 6.45) is -0.470. The minimum atomic E-state index is -3.58. The van der Waals surface area contributed by atoms with Gasteiger partial charge in [-0.2, -0.15) is 4.31 Å². The predicted molar refractivity (Wildman–Crippen MR) is 74.2 cm³/mol. The first-order valence-corrected chi connectivity index (χ1v) is 8.50. The zero-order valence-corrected chi connectivity index (χ0v) is 13.1. The minimum Gasteiger partial charge on any atom is -0.394 e. The van der Waals surface area contributed by atoms with Gasteiger partial charge in [0.25, 0.3) is 10.0 Å². The van der Waals surface area contributed by atoms with Gasteiger partial charge in [0.2, 0.25) is 0 Å². The van der Waals surface area contributed by atoms with E-state index in [1.54, 1.807) is 19.9 Å². The highest BCUT2D eigenvalue weighted by atomic mass is 35.5. The fourth-order valence-corrected chi connectivity index (χ4v) is 5.40. The van der Waals surface area contributed by atoms with Gasteiger partial charge >= 0.3 is 0 Å². The maximum atomic E-state index is 12.6. The van der Waals surface area contributed by atoms with Crippen LogP contribution in [0, 0.1) is 6.92 Å². The molecule has 19 heavy (non-hydrogen) atoms. The molecule has 108 valence electrons. The Morgan fingerprint density at radius 3 is 2.84 bits per heavy atom. The van der Waals surface area contributed by atoms with E-state index in [2.05, 4.69) is 0 Å². The molecular formula is C11H16ClNO4S2. The Kier molecular flexibility index (Phi) is 4.54. The summed E-state index contributed by atoms with van der Waals surface area (Å²) in [5, 5.41) is 9.11. The monoisotopic (exact) mass is 325 g/mol. The molecule has 2 atom stereocenters. The van der Waals surface area contributed by atoms with Crippen LogP contribution in [-0.4, -0.2) is 49.7 Å². The molecule has 0 saturated carbocycles. The van der Waals surface area contributed by atoms with Gasteiger partial charge in [-0.05, 0) is 25.5 Å². The lowest BCUT2D eigenvalue weighted by Crippen LogP contribution is -2.51. The van der Waals surface area contributed by atoms with Crippen LogP contribution in [0.2, 0.25) is 4.34 Å². The van der Waals surface area contributed by atoms with Crippen molar-refractivity contribution in [3.8, 4) is 0 Å². The number of morpholine rings is 1. The standard InChI is InChI=1S/C11H16ClNO4S2/c1-7-3-10(18-11(7)12)19(15,16)13-4-9(5-14)17-6-8(13)2/h3,8-9,14H,4-6H2,1-2H3. The molecule has 2 heterocycles. The Labute approximate surface area is 121 Å². The van der Waals surface area contributed by atoms with Crippen LogP contribution in [0.15, 0.2) is 10.3 Å². The van der Waals surface area contributed by atoms with Gasteiger partial charge in [0.1, 0.15) is 4.21 Å². The number of thiophene rings is 1. The molecule has 1 aromatic rings. The number of nitrogens with zero attached hydrogens (tertiary/aromatic N) is 1. The molecule has 1 N–H and O–H groups in total. The summed E-state index contributed by atoms with van der Waals surface area (Å²) in [6, 6.07) is 1.33. The molecule has 0 amide bonds.